The van der Waals surface area contributed by atoms with E-state index in [1.54, 1.807) is 6.20 Å². The minimum atomic E-state index is 0.918. The van der Waals surface area contributed by atoms with Crippen LogP contribution in [-0.2, 0) is 6.42 Å². The molecule has 0 aromatic carbocycles. The second kappa shape index (κ2) is 2.58. The molecule has 0 aliphatic heterocycles. The highest BCUT2D eigenvalue weighted by atomic mass is 14.9. The Bertz CT molecular complexity index is 196. The van der Waals surface area contributed by atoms with Gasteiger partial charge in [-0.15, -0.1) is 0 Å². The smallest absolute Gasteiger partial charge is 0.128 e. The van der Waals surface area contributed by atoms with Gasteiger partial charge in [-0.1, -0.05) is 6.92 Å². The van der Waals surface area contributed by atoms with Crippen molar-refractivity contribution in [2.45, 2.75) is 20.3 Å². The van der Waals surface area contributed by atoms with E-state index >= 15 is 0 Å². The topological polar surface area (TPSA) is 25.8 Å². The molecule has 0 spiro atoms. The Morgan fingerprint density at radius 2 is 2.33 bits per heavy atom. The lowest BCUT2D eigenvalue weighted by atomic mass is 10.4. The van der Waals surface area contributed by atoms with Crippen molar-refractivity contribution in [3.8, 4) is 0 Å². The summed E-state index contributed by atoms with van der Waals surface area (Å²) >= 11 is 0. The maximum absolute atomic E-state index is 4.18. The van der Waals surface area contributed by atoms with Crippen molar-refractivity contribution < 1.29 is 0 Å². The molecule has 1 aromatic heterocycles. The molecule has 2 heteroatoms. The zero-order chi connectivity index (χ0) is 6.69. The Balaban J connectivity index is 2.94. The third-order valence-electron chi connectivity index (χ3n) is 1.16. The molecule has 0 aliphatic carbocycles. The summed E-state index contributed by atoms with van der Waals surface area (Å²) in [6.07, 6.45) is 2.71. The molecule has 48 valence electrons. The Labute approximate surface area is 55.0 Å². The molecule has 0 N–H and O–H groups in total. The fraction of sp³-hybridized carbons (Fsp3) is 0.429. The molecule has 1 rings (SSSR count). The lowest BCUT2D eigenvalue weighted by molar-refractivity contribution is 0.917. The third kappa shape index (κ3) is 1.49. The second-order valence-corrected chi connectivity index (χ2v) is 1.97. The molecule has 0 unspecified atom stereocenters. The van der Waals surface area contributed by atoms with Gasteiger partial charge in [0, 0.05) is 18.3 Å². The van der Waals surface area contributed by atoms with E-state index in [1.165, 1.54) is 0 Å². The average Bonchev–Trinajstić information content (AvgIpc) is 1.88. The summed E-state index contributed by atoms with van der Waals surface area (Å²) in [5.74, 6) is 0.926. The summed E-state index contributed by atoms with van der Waals surface area (Å²) in [6.45, 7) is 4.02. The molecule has 1 aromatic rings. The maximum atomic E-state index is 4.18. The van der Waals surface area contributed by atoms with E-state index in [1.807, 2.05) is 13.0 Å². The van der Waals surface area contributed by atoms with Gasteiger partial charge in [0.2, 0.25) is 0 Å². The summed E-state index contributed by atoms with van der Waals surface area (Å²) in [6, 6.07) is 1.90. The van der Waals surface area contributed by atoms with Crippen LogP contribution in [0.3, 0.4) is 0 Å². The van der Waals surface area contributed by atoms with E-state index in [2.05, 4.69) is 16.9 Å². The molecule has 2 nitrogen and oxygen atoms in total. The molecule has 0 saturated heterocycles. The number of aryl methyl sites for hydroxylation is 2. The highest BCUT2D eigenvalue weighted by Crippen LogP contribution is 1.92. The number of rotatable bonds is 1. The molecule has 9 heavy (non-hydrogen) atoms. The minimum Gasteiger partial charge on any atom is -0.241 e. The fourth-order valence-electron chi connectivity index (χ4n) is 0.671. The monoisotopic (exact) mass is 122 g/mol. The number of aromatic nitrogens is 2. The molecule has 0 fully saturated rings. The first-order valence-corrected chi connectivity index (χ1v) is 3.11. The summed E-state index contributed by atoms with van der Waals surface area (Å²) in [7, 11) is 0. The molecular weight excluding hydrogens is 112 g/mol. The zero-order valence-corrected chi connectivity index (χ0v) is 5.76. The van der Waals surface area contributed by atoms with E-state index in [0.717, 1.165) is 17.9 Å². The van der Waals surface area contributed by atoms with Crippen molar-refractivity contribution in [2.75, 3.05) is 0 Å². The Kier molecular flexibility index (Phi) is 1.78. The van der Waals surface area contributed by atoms with Crippen LogP contribution in [0.2, 0.25) is 0 Å². The number of nitrogens with zero attached hydrogens (tertiary/aromatic N) is 2. The van der Waals surface area contributed by atoms with Gasteiger partial charge >= 0.3 is 0 Å². The Morgan fingerprint density at radius 3 is 2.78 bits per heavy atom. The summed E-state index contributed by atoms with van der Waals surface area (Å²) < 4.78 is 0. The minimum absolute atomic E-state index is 0.918. The first kappa shape index (κ1) is 6.20. The van der Waals surface area contributed by atoms with Crippen LogP contribution in [0.25, 0.3) is 0 Å². The fourth-order valence-corrected chi connectivity index (χ4v) is 0.671. The molecule has 0 aliphatic rings. The molecule has 0 saturated carbocycles. The largest absolute Gasteiger partial charge is 0.241 e. The molecule has 0 radical (unpaired) electrons. The summed E-state index contributed by atoms with van der Waals surface area (Å²) in [5.41, 5.74) is 1.04. The third-order valence-corrected chi connectivity index (χ3v) is 1.16. The van der Waals surface area contributed by atoms with Crippen LogP contribution in [-0.4, -0.2) is 9.97 Å². The van der Waals surface area contributed by atoms with Gasteiger partial charge in [0.05, 0.1) is 0 Å². The van der Waals surface area contributed by atoms with Crippen molar-refractivity contribution in [1.29, 1.82) is 0 Å². The van der Waals surface area contributed by atoms with Gasteiger partial charge in [0.15, 0.2) is 0 Å². The lowest BCUT2D eigenvalue weighted by Gasteiger charge is -1.93. The van der Waals surface area contributed by atoms with Crippen molar-refractivity contribution in [1.82, 2.24) is 9.97 Å². The Hall–Kier alpha value is -0.920. The molecular formula is C7H10N2. The van der Waals surface area contributed by atoms with Crippen LogP contribution in [0.15, 0.2) is 12.3 Å². The van der Waals surface area contributed by atoms with Crippen LogP contribution in [0.1, 0.15) is 18.4 Å². The van der Waals surface area contributed by atoms with E-state index in [0.29, 0.717) is 0 Å². The van der Waals surface area contributed by atoms with Gasteiger partial charge in [-0.3, -0.25) is 0 Å². The van der Waals surface area contributed by atoms with Gasteiger partial charge in [-0.25, -0.2) is 9.97 Å². The van der Waals surface area contributed by atoms with Crippen molar-refractivity contribution >= 4 is 0 Å². The highest BCUT2D eigenvalue weighted by Gasteiger charge is 1.89. The number of hydrogen-bond acceptors (Lipinski definition) is 2. The van der Waals surface area contributed by atoms with Crippen molar-refractivity contribution in [2.24, 2.45) is 0 Å². The summed E-state index contributed by atoms with van der Waals surface area (Å²) in [5, 5.41) is 0. The normalized spacial score (nSPS) is 9.56. The van der Waals surface area contributed by atoms with Gasteiger partial charge in [-0.05, 0) is 13.0 Å². The van der Waals surface area contributed by atoms with E-state index in [-0.39, 0.29) is 0 Å². The van der Waals surface area contributed by atoms with Crippen LogP contribution < -0.4 is 0 Å². The SMILES string of the molecule is CCc1nccc(C)n1. The van der Waals surface area contributed by atoms with E-state index < -0.39 is 0 Å². The molecule has 0 atom stereocenters. The molecule has 0 bridgehead atoms. The lowest BCUT2D eigenvalue weighted by Crippen LogP contribution is -1.92. The predicted octanol–water partition coefficient (Wildman–Crippen LogP) is 1.35. The van der Waals surface area contributed by atoms with Gasteiger partial charge < -0.3 is 0 Å². The van der Waals surface area contributed by atoms with Crippen LogP contribution in [0.5, 0.6) is 0 Å². The second-order valence-electron chi connectivity index (χ2n) is 1.97. The zero-order valence-electron chi connectivity index (χ0n) is 5.76. The predicted molar refractivity (Wildman–Crippen MR) is 36.1 cm³/mol. The molecule has 0 amide bonds. The average molecular weight is 122 g/mol. The van der Waals surface area contributed by atoms with Crippen LogP contribution in [0.4, 0.5) is 0 Å². The van der Waals surface area contributed by atoms with Crippen LogP contribution in [0, 0.1) is 6.92 Å². The van der Waals surface area contributed by atoms with E-state index in [4.69, 9.17) is 0 Å². The van der Waals surface area contributed by atoms with Gasteiger partial charge in [-0.2, -0.15) is 0 Å². The quantitative estimate of drug-likeness (QED) is 0.562. The van der Waals surface area contributed by atoms with Gasteiger partial charge in [0.25, 0.3) is 0 Å². The van der Waals surface area contributed by atoms with Gasteiger partial charge in [0.1, 0.15) is 5.82 Å². The first-order valence-electron chi connectivity index (χ1n) is 3.11. The van der Waals surface area contributed by atoms with Crippen LogP contribution >= 0.6 is 0 Å². The number of hydrogen-bond donors (Lipinski definition) is 0. The first-order chi connectivity index (χ1) is 4.33. The summed E-state index contributed by atoms with van der Waals surface area (Å²) in [4.78, 5) is 8.23. The Morgan fingerprint density at radius 1 is 1.56 bits per heavy atom. The van der Waals surface area contributed by atoms with Crippen molar-refractivity contribution in [3.05, 3.63) is 23.8 Å². The van der Waals surface area contributed by atoms with Crippen molar-refractivity contribution in [3.63, 3.8) is 0 Å². The molecule has 1 heterocycles. The highest BCUT2D eigenvalue weighted by molar-refractivity contribution is 4.98. The van der Waals surface area contributed by atoms with E-state index in [9.17, 15) is 0 Å². The standard InChI is InChI=1S/C7H10N2/c1-3-7-8-5-4-6(2)9-7/h4-5H,3H2,1-2H3. The maximum Gasteiger partial charge on any atom is 0.128 e.